The van der Waals surface area contributed by atoms with E-state index in [-0.39, 0.29) is 17.4 Å². The molecule has 0 radical (unpaired) electrons. The zero-order valence-corrected chi connectivity index (χ0v) is 9.96. The Bertz CT molecular complexity index is 593. The molecule has 0 fully saturated rings. The van der Waals surface area contributed by atoms with Crippen LogP contribution in [-0.2, 0) is 4.79 Å². The molecule has 0 aromatic heterocycles. The Labute approximate surface area is 109 Å². The van der Waals surface area contributed by atoms with E-state index < -0.39 is 18.0 Å². The number of hydrogen-bond donors (Lipinski definition) is 1. The van der Waals surface area contributed by atoms with E-state index >= 15 is 0 Å². The van der Waals surface area contributed by atoms with Crippen molar-refractivity contribution in [2.75, 3.05) is 5.32 Å². The molecule has 0 saturated heterocycles. The molecule has 5 nitrogen and oxygen atoms in total. The highest BCUT2D eigenvalue weighted by Crippen LogP contribution is 2.44. The summed E-state index contributed by atoms with van der Waals surface area (Å²) < 4.78 is 0. The quantitative estimate of drug-likeness (QED) is 0.704. The van der Waals surface area contributed by atoms with Crippen molar-refractivity contribution in [2.24, 2.45) is 5.92 Å². The van der Waals surface area contributed by atoms with Crippen LogP contribution in [0.3, 0.4) is 0 Å². The number of anilines is 1. The Morgan fingerprint density at radius 2 is 2.05 bits per heavy atom. The summed E-state index contributed by atoms with van der Waals surface area (Å²) in [6.07, 6.45) is 4.50. The summed E-state index contributed by atoms with van der Waals surface area (Å²) in [7, 11) is 0. The lowest BCUT2D eigenvalue weighted by atomic mass is 9.79. The lowest BCUT2D eigenvalue weighted by Gasteiger charge is -2.37. The molecule has 3 rings (SSSR count). The summed E-state index contributed by atoms with van der Waals surface area (Å²) in [5.74, 6) is -2.58. The third-order valence-corrected chi connectivity index (χ3v) is 3.85. The SMILES string of the molecule is O=C([O-])c1ccc2c(c1)[C@H]1C=CC[C@H]1[C@@H](C(=O)[O-])N2. The predicted molar refractivity (Wildman–Crippen MR) is 63.2 cm³/mol. The zero-order valence-electron chi connectivity index (χ0n) is 9.96. The van der Waals surface area contributed by atoms with Gasteiger partial charge < -0.3 is 25.1 Å². The first-order chi connectivity index (χ1) is 9.08. The van der Waals surface area contributed by atoms with Gasteiger partial charge in [-0.25, -0.2) is 0 Å². The Kier molecular flexibility index (Phi) is 2.55. The lowest BCUT2D eigenvalue weighted by molar-refractivity contribution is -0.308. The fourth-order valence-electron chi connectivity index (χ4n) is 2.95. The van der Waals surface area contributed by atoms with Gasteiger partial charge in [-0.1, -0.05) is 18.2 Å². The minimum absolute atomic E-state index is 0.0848. The molecule has 1 aliphatic heterocycles. The van der Waals surface area contributed by atoms with Gasteiger partial charge in [0.15, 0.2) is 0 Å². The van der Waals surface area contributed by atoms with E-state index in [4.69, 9.17) is 0 Å². The third-order valence-electron chi connectivity index (χ3n) is 3.85. The normalized spacial score (nSPS) is 27.3. The van der Waals surface area contributed by atoms with E-state index in [1.54, 1.807) is 12.1 Å². The number of carboxylic acids is 2. The van der Waals surface area contributed by atoms with Gasteiger partial charge in [0.1, 0.15) is 0 Å². The molecular weight excluding hydrogens is 246 g/mol. The number of carbonyl (C=O) groups excluding carboxylic acids is 2. The number of hydrogen-bond acceptors (Lipinski definition) is 5. The van der Waals surface area contributed by atoms with Crippen molar-refractivity contribution < 1.29 is 19.8 Å². The highest BCUT2D eigenvalue weighted by Gasteiger charge is 2.37. The van der Waals surface area contributed by atoms with Crippen LogP contribution >= 0.6 is 0 Å². The summed E-state index contributed by atoms with van der Waals surface area (Å²) in [5.41, 5.74) is 1.55. The first-order valence-electron chi connectivity index (χ1n) is 6.07. The third kappa shape index (κ3) is 1.78. The fourth-order valence-corrected chi connectivity index (χ4v) is 2.95. The summed E-state index contributed by atoms with van der Waals surface area (Å²) in [6, 6.07) is 3.79. The lowest BCUT2D eigenvalue weighted by Crippen LogP contribution is -2.48. The molecule has 0 unspecified atom stereocenters. The van der Waals surface area contributed by atoms with Gasteiger partial charge in [-0.2, -0.15) is 0 Å². The van der Waals surface area contributed by atoms with Gasteiger partial charge in [-0.15, -0.1) is 0 Å². The topological polar surface area (TPSA) is 92.3 Å². The second-order valence-electron chi connectivity index (χ2n) is 4.88. The average Bonchev–Trinajstić information content (AvgIpc) is 2.86. The van der Waals surface area contributed by atoms with Crippen molar-refractivity contribution in [3.05, 3.63) is 41.5 Å². The van der Waals surface area contributed by atoms with Gasteiger partial charge in [0.2, 0.25) is 0 Å². The van der Waals surface area contributed by atoms with E-state index in [9.17, 15) is 19.8 Å². The summed E-state index contributed by atoms with van der Waals surface area (Å²) >= 11 is 0. The van der Waals surface area contributed by atoms with Crippen LogP contribution in [0.4, 0.5) is 5.69 Å². The number of benzene rings is 1. The Morgan fingerprint density at radius 1 is 1.26 bits per heavy atom. The molecule has 0 bridgehead atoms. The number of allylic oxidation sites excluding steroid dienone is 2. The molecule has 98 valence electrons. The minimum atomic E-state index is -1.23. The average molecular weight is 257 g/mol. The number of rotatable bonds is 2. The molecule has 19 heavy (non-hydrogen) atoms. The van der Waals surface area contributed by atoms with Gasteiger partial charge in [0.05, 0.1) is 18.0 Å². The fraction of sp³-hybridized carbons (Fsp3) is 0.286. The van der Waals surface area contributed by atoms with Crippen LogP contribution < -0.4 is 15.5 Å². The van der Waals surface area contributed by atoms with Gasteiger partial charge >= 0.3 is 0 Å². The smallest absolute Gasteiger partial charge is 0.0715 e. The number of carboxylic acid groups (broad SMARTS) is 2. The van der Waals surface area contributed by atoms with Crippen LogP contribution in [0, 0.1) is 5.92 Å². The van der Waals surface area contributed by atoms with Gasteiger partial charge in [0.25, 0.3) is 0 Å². The largest absolute Gasteiger partial charge is 0.548 e. The van der Waals surface area contributed by atoms with E-state index in [1.807, 2.05) is 12.2 Å². The Hall–Kier alpha value is -2.30. The Morgan fingerprint density at radius 3 is 2.74 bits per heavy atom. The van der Waals surface area contributed by atoms with Crippen LogP contribution in [0.5, 0.6) is 0 Å². The van der Waals surface area contributed by atoms with Crippen molar-refractivity contribution in [1.82, 2.24) is 0 Å². The summed E-state index contributed by atoms with van der Waals surface area (Å²) in [5, 5.41) is 25.0. The highest BCUT2D eigenvalue weighted by molar-refractivity contribution is 5.88. The van der Waals surface area contributed by atoms with E-state index in [2.05, 4.69) is 5.32 Å². The van der Waals surface area contributed by atoms with Crippen molar-refractivity contribution in [2.45, 2.75) is 18.4 Å². The molecule has 1 N–H and O–H groups in total. The first kappa shape index (κ1) is 11.8. The zero-order chi connectivity index (χ0) is 13.6. The van der Waals surface area contributed by atoms with Crippen LogP contribution in [0.2, 0.25) is 0 Å². The summed E-state index contributed by atoms with van der Waals surface area (Å²) in [4.78, 5) is 22.1. The maximum atomic E-state index is 11.2. The molecular formula is C14H11NO4-2. The molecule has 2 aliphatic rings. The maximum Gasteiger partial charge on any atom is 0.0715 e. The molecule has 0 spiro atoms. The highest BCUT2D eigenvalue weighted by atomic mass is 16.4. The van der Waals surface area contributed by atoms with E-state index in [0.29, 0.717) is 12.1 Å². The van der Waals surface area contributed by atoms with E-state index in [1.165, 1.54) is 6.07 Å². The van der Waals surface area contributed by atoms with Crippen molar-refractivity contribution in [3.8, 4) is 0 Å². The number of nitrogens with one attached hydrogen (secondary N) is 1. The number of aromatic carboxylic acids is 1. The molecule has 5 heteroatoms. The molecule has 1 aliphatic carbocycles. The van der Waals surface area contributed by atoms with Crippen LogP contribution in [-0.4, -0.2) is 18.0 Å². The molecule has 1 aromatic carbocycles. The molecule has 1 aromatic rings. The van der Waals surface area contributed by atoms with Crippen molar-refractivity contribution in [1.29, 1.82) is 0 Å². The van der Waals surface area contributed by atoms with E-state index in [0.717, 1.165) is 5.56 Å². The number of aliphatic carboxylic acids is 1. The van der Waals surface area contributed by atoms with Crippen LogP contribution in [0.1, 0.15) is 28.3 Å². The van der Waals surface area contributed by atoms with Gasteiger partial charge in [-0.3, -0.25) is 0 Å². The van der Waals surface area contributed by atoms with Crippen LogP contribution in [0.25, 0.3) is 0 Å². The number of fused-ring (bicyclic) bond motifs is 3. The van der Waals surface area contributed by atoms with Crippen molar-refractivity contribution in [3.63, 3.8) is 0 Å². The monoisotopic (exact) mass is 257 g/mol. The molecule has 0 saturated carbocycles. The second-order valence-corrected chi connectivity index (χ2v) is 4.88. The molecule has 0 amide bonds. The molecule has 3 atom stereocenters. The first-order valence-corrected chi connectivity index (χ1v) is 6.07. The van der Waals surface area contributed by atoms with Crippen molar-refractivity contribution >= 4 is 17.6 Å². The minimum Gasteiger partial charge on any atom is -0.548 e. The number of carbonyl (C=O) groups is 2. The van der Waals surface area contributed by atoms with Gasteiger partial charge in [0, 0.05) is 11.6 Å². The summed E-state index contributed by atoms with van der Waals surface area (Å²) in [6.45, 7) is 0. The van der Waals surface area contributed by atoms with Gasteiger partial charge in [-0.05, 0) is 35.6 Å². The molecule has 1 heterocycles. The predicted octanol–water partition coefficient (Wildman–Crippen LogP) is -0.746. The standard InChI is InChI=1S/C14H13NO4/c16-13(17)7-4-5-11-10(6-7)8-2-1-3-9(8)12(15-11)14(18)19/h1-2,4-6,8-9,12,15H,3H2,(H,16,17)(H,18,19)/p-2/t8-,9+,12-/m0/s1. The Balaban J connectivity index is 2.08. The van der Waals surface area contributed by atoms with Crippen LogP contribution in [0.15, 0.2) is 30.4 Å². The second kappa shape index (κ2) is 4.12. The maximum absolute atomic E-state index is 11.2.